The molecular formula is C11H17N5O2. The van der Waals surface area contributed by atoms with Gasteiger partial charge in [-0.1, -0.05) is 0 Å². The van der Waals surface area contributed by atoms with E-state index in [1.54, 1.807) is 33.0 Å². The highest BCUT2D eigenvalue weighted by molar-refractivity contribution is 5.92. The van der Waals surface area contributed by atoms with Crippen LogP contribution in [0, 0.1) is 5.41 Å². The van der Waals surface area contributed by atoms with E-state index in [0.29, 0.717) is 5.82 Å². The van der Waals surface area contributed by atoms with Gasteiger partial charge < -0.3 is 16.4 Å². The van der Waals surface area contributed by atoms with Crippen LogP contribution in [0.2, 0.25) is 0 Å². The first-order chi connectivity index (χ1) is 8.36. The zero-order valence-corrected chi connectivity index (χ0v) is 10.7. The first-order valence-corrected chi connectivity index (χ1v) is 5.46. The largest absolute Gasteiger partial charge is 0.372 e. The molecule has 7 nitrogen and oxygen atoms in total. The maximum Gasteiger partial charge on any atom is 0.271 e. The molecule has 0 aliphatic carbocycles. The minimum absolute atomic E-state index is 0.149. The molecule has 0 atom stereocenters. The molecule has 0 aliphatic heterocycles. The van der Waals surface area contributed by atoms with Crippen molar-refractivity contribution in [1.82, 2.24) is 15.5 Å². The number of anilines is 1. The number of nitrogens with two attached hydrogens (primary N) is 1. The summed E-state index contributed by atoms with van der Waals surface area (Å²) in [7, 11) is 1.71. The Hall–Kier alpha value is -2.18. The number of aromatic nitrogens is 2. The SMILES string of the molecule is CNc1ccc(C(=O)NCC(C)(C)C(N)=O)nn1. The van der Waals surface area contributed by atoms with E-state index >= 15 is 0 Å². The van der Waals surface area contributed by atoms with E-state index in [1.807, 2.05) is 0 Å². The fourth-order valence-corrected chi connectivity index (χ4v) is 1.07. The predicted molar refractivity (Wildman–Crippen MR) is 66.9 cm³/mol. The van der Waals surface area contributed by atoms with Gasteiger partial charge in [0.15, 0.2) is 5.69 Å². The van der Waals surface area contributed by atoms with Gasteiger partial charge in [-0.05, 0) is 26.0 Å². The third-order valence-corrected chi connectivity index (χ3v) is 2.51. The Kier molecular flexibility index (Phi) is 4.19. The van der Waals surface area contributed by atoms with Gasteiger partial charge in [0.05, 0.1) is 5.41 Å². The van der Waals surface area contributed by atoms with Crippen molar-refractivity contribution in [2.24, 2.45) is 11.1 Å². The third-order valence-electron chi connectivity index (χ3n) is 2.51. The molecule has 0 aliphatic rings. The quantitative estimate of drug-likeness (QED) is 0.669. The Morgan fingerprint density at radius 3 is 2.44 bits per heavy atom. The van der Waals surface area contributed by atoms with Gasteiger partial charge >= 0.3 is 0 Å². The Bertz CT molecular complexity index is 441. The number of hydrogen-bond acceptors (Lipinski definition) is 5. The Morgan fingerprint density at radius 1 is 1.33 bits per heavy atom. The molecule has 1 rings (SSSR count). The normalized spacial score (nSPS) is 10.8. The van der Waals surface area contributed by atoms with Crippen LogP contribution < -0.4 is 16.4 Å². The summed E-state index contributed by atoms with van der Waals surface area (Å²) in [5.74, 6) is -0.289. The summed E-state index contributed by atoms with van der Waals surface area (Å²) in [6.45, 7) is 3.47. The smallest absolute Gasteiger partial charge is 0.271 e. The molecule has 18 heavy (non-hydrogen) atoms. The number of primary amides is 1. The second-order valence-corrected chi connectivity index (χ2v) is 4.48. The Labute approximate surface area is 105 Å². The van der Waals surface area contributed by atoms with Crippen LogP contribution in [0.1, 0.15) is 24.3 Å². The van der Waals surface area contributed by atoms with Gasteiger partial charge in [0.2, 0.25) is 5.91 Å². The van der Waals surface area contributed by atoms with Crippen LogP contribution in [0.3, 0.4) is 0 Å². The van der Waals surface area contributed by atoms with Crippen LogP contribution in [0.4, 0.5) is 5.82 Å². The van der Waals surface area contributed by atoms with Gasteiger partial charge in [0, 0.05) is 13.6 Å². The van der Waals surface area contributed by atoms with Crippen LogP contribution in [-0.4, -0.2) is 35.6 Å². The lowest BCUT2D eigenvalue weighted by molar-refractivity contribution is -0.125. The molecule has 0 saturated heterocycles. The molecule has 1 aromatic heterocycles. The van der Waals surface area contributed by atoms with Crippen molar-refractivity contribution in [1.29, 1.82) is 0 Å². The molecule has 0 bridgehead atoms. The summed E-state index contributed by atoms with van der Waals surface area (Å²) in [6.07, 6.45) is 0. The highest BCUT2D eigenvalue weighted by Crippen LogP contribution is 2.12. The number of amides is 2. The molecule has 1 heterocycles. The molecule has 4 N–H and O–H groups in total. The van der Waals surface area contributed by atoms with Crippen LogP contribution in [0.5, 0.6) is 0 Å². The summed E-state index contributed by atoms with van der Waals surface area (Å²) < 4.78 is 0. The molecule has 0 saturated carbocycles. The zero-order chi connectivity index (χ0) is 13.8. The minimum Gasteiger partial charge on any atom is -0.372 e. The lowest BCUT2D eigenvalue weighted by Gasteiger charge is -2.20. The molecule has 0 spiro atoms. The molecule has 98 valence electrons. The number of nitrogens with zero attached hydrogens (tertiary/aromatic N) is 2. The summed E-state index contributed by atoms with van der Waals surface area (Å²) in [5.41, 5.74) is 4.60. The van der Waals surface area contributed by atoms with Gasteiger partial charge in [0.1, 0.15) is 5.82 Å². The summed E-state index contributed by atoms with van der Waals surface area (Å²) in [5, 5.41) is 12.9. The fraction of sp³-hybridized carbons (Fsp3) is 0.455. The predicted octanol–water partition coefficient (Wildman–Crippen LogP) is -0.240. The number of nitrogens with one attached hydrogen (secondary N) is 2. The lowest BCUT2D eigenvalue weighted by Crippen LogP contribution is -2.42. The average Bonchev–Trinajstić information content (AvgIpc) is 2.36. The molecule has 0 aromatic carbocycles. The molecule has 0 unspecified atom stereocenters. The van der Waals surface area contributed by atoms with E-state index < -0.39 is 11.3 Å². The maximum absolute atomic E-state index is 11.7. The number of rotatable bonds is 5. The number of carbonyl (C=O) groups excluding carboxylic acids is 2. The zero-order valence-electron chi connectivity index (χ0n) is 10.7. The highest BCUT2D eigenvalue weighted by atomic mass is 16.2. The first-order valence-electron chi connectivity index (χ1n) is 5.46. The van der Waals surface area contributed by atoms with Gasteiger partial charge in [0.25, 0.3) is 5.91 Å². The standard InChI is InChI=1S/C11H17N5O2/c1-11(2,10(12)18)6-14-9(17)7-4-5-8(13-3)16-15-7/h4-5H,6H2,1-3H3,(H2,12,18)(H,13,16)(H,14,17). The van der Waals surface area contributed by atoms with E-state index in [1.165, 1.54) is 0 Å². The van der Waals surface area contributed by atoms with Crippen molar-refractivity contribution in [3.05, 3.63) is 17.8 Å². The number of hydrogen-bond donors (Lipinski definition) is 3. The third kappa shape index (κ3) is 3.41. The Morgan fingerprint density at radius 2 is 2.00 bits per heavy atom. The van der Waals surface area contributed by atoms with E-state index in [9.17, 15) is 9.59 Å². The van der Waals surface area contributed by atoms with Gasteiger partial charge in [-0.25, -0.2) is 0 Å². The van der Waals surface area contributed by atoms with Crippen molar-refractivity contribution < 1.29 is 9.59 Å². The Balaban J connectivity index is 2.63. The lowest BCUT2D eigenvalue weighted by atomic mass is 9.93. The van der Waals surface area contributed by atoms with Crippen molar-refractivity contribution in [3.8, 4) is 0 Å². The summed E-state index contributed by atoms with van der Waals surface area (Å²) in [6, 6.07) is 3.19. The van der Waals surface area contributed by atoms with Crippen LogP contribution >= 0.6 is 0 Å². The van der Waals surface area contributed by atoms with Gasteiger partial charge in [-0.3, -0.25) is 9.59 Å². The van der Waals surface area contributed by atoms with E-state index in [0.717, 1.165) is 0 Å². The highest BCUT2D eigenvalue weighted by Gasteiger charge is 2.25. The molecular weight excluding hydrogens is 234 g/mol. The van der Waals surface area contributed by atoms with Gasteiger partial charge in [-0.2, -0.15) is 0 Å². The second-order valence-electron chi connectivity index (χ2n) is 4.48. The van der Waals surface area contributed by atoms with Crippen molar-refractivity contribution in [2.45, 2.75) is 13.8 Å². The summed E-state index contributed by atoms with van der Waals surface area (Å²) >= 11 is 0. The van der Waals surface area contributed by atoms with E-state index in [2.05, 4.69) is 20.8 Å². The first kappa shape index (κ1) is 13.9. The molecule has 0 fully saturated rings. The average molecular weight is 251 g/mol. The summed E-state index contributed by atoms with van der Waals surface area (Å²) in [4.78, 5) is 22.8. The molecule has 0 radical (unpaired) electrons. The topological polar surface area (TPSA) is 110 Å². The van der Waals surface area contributed by atoms with Crippen LogP contribution in [-0.2, 0) is 4.79 Å². The minimum atomic E-state index is -0.798. The molecule has 2 amide bonds. The van der Waals surface area contributed by atoms with Gasteiger partial charge in [-0.15, -0.1) is 10.2 Å². The fourth-order valence-electron chi connectivity index (χ4n) is 1.07. The van der Waals surface area contributed by atoms with Crippen molar-refractivity contribution in [2.75, 3.05) is 18.9 Å². The van der Waals surface area contributed by atoms with Crippen LogP contribution in [0.25, 0.3) is 0 Å². The number of carbonyl (C=O) groups is 2. The van der Waals surface area contributed by atoms with Crippen LogP contribution in [0.15, 0.2) is 12.1 Å². The van der Waals surface area contributed by atoms with E-state index in [-0.39, 0.29) is 18.1 Å². The van der Waals surface area contributed by atoms with E-state index in [4.69, 9.17) is 5.73 Å². The van der Waals surface area contributed by atoms with Crippen molar-refractivity contribution >= 4 is 17.6 Å². The maximum atomic E-state index is 11.7. The molecule has 1 aromatic rings. The second kappa shape index (κ2) is 5.44. The molecule has 7 heteroatoms. The van der Waals surface area contributed by atoms with Crippen molar-refractivity contribution in [3.63, 3.8) is 0 Å². The monoisotopic (exact) mass is 251 g/mol.